The van der Waals surface area contributed by atoms with E-state index in [1.54, 1.807) is 0 Å². The molecule has 3 heteroatoms. The standard InChI is InChI=1S/C8H11NO2/c1-5(10)8-6(9-8)3-2-4-7(8)11/h6,9H,2-4H2,1H3. The fourth-order valence-electron chi connectivity index (χ4n) is 2.00. The Morgan fingerprint density at radius 3 is 2.91 bits per heavy atom. The van der Waals surface area contributed by atoms with E-state index in [1.165, 1.54) is 6.92 Å². The highest BCUT2D eigenvalue weighted by Gasteiger charge is 2.63. The van der Waals surface area contributed by atoms with E-state index >= 15 is 0 Å². The molecule has 0 spiro atoms. The fourth-order valence-corrected chi connectivity index (χ4v) is 2.00. The van der Waals surface area contributed by atoms with Crippen LogP contribution in [-0.2, 0) is 9.59 Å². The zero-order chi connectivity index (χ0) is 8.06. The maximum Gasteiger partial charge on any atom is 0.162 e. The summed E-state index contributed by atoms with van der Waals surface area (Å²) in [7, 11) is 0. The molecule has 1 saturated carbocycles. The molecule has 0 amide bonds. The van der Waals surface area contributed by atoms with E-state index < -0.39 is 5.54 Å². The number of ketones is 2. The van der Waals surface area contributed by atoms with Crippen LogP contribution in [-0.4, -0.2) is 23.1 Å². The highest BCUT2D eigenvalue weighted by atomic mass is 16.2. The Kier molecular flexibility index (Phi) is 1.21. The minimum atomic E-state index is -0.724. The van der Waals surface area contributed by atoms with Crippen LogP contribution in [0.4, 0.5) is 0 Å². The lowest BCUT2D eigenvalue weighted by atomic mass is 9.85. The normalized spacial score (nSPS) is 41.5. The second-order valence-corrected chi connectivity index (χ2v) is 3.38. The maximum absolute atomic E-state index is 11.3. The molecule has 2 rings (SSSR count). The largest absolute Gasteiger partial charge is 0.297 e. The van der Waals surface area contributed by atoms with Crippen LogP contribution in [0.2, 0.25) is 0 Å². The molecule has 0 aromatic rings. The van der Waals surface area contributed by atoms with E-state index in [4.69, 9.17) is 0 Å². The molecule has 0 aromatic heterocycles. The quantitative estimate of drug-likeness (QED) is 0.427. The molecule has 0 aromatic carbocycles. The van der Waals surface area contributed by atoms with Gasteiger partial charge in [-0.25, -0.2) is 0 Å². The van der Waals surface area contributed by atoms with E-state index in [2.05, 4.69) is 5.32 Å². The average molecular weight is 153 g/mol. The van der Waals surface area contributed by atoms with Crippen LogP contribution in [0.25, 0.3) is 0 Å². The zero-order valence-corrected chi connectivity index (χ0v) is 6.52. The molecule has 0 bridgehead atoms. The molecule has 11 heavy (non-hydrogen) atoms. The van der Waals surface area contributed by atoms with Crippen molar-refractivity contribution in [3.63, 3.8) is 0 Å². The first-order chi connectivity index (χ1) is 5.18. The van der Waals surface area contributed by atoms with E-state index in [1.807, 2.05) is 0 Å². The molecule has 60 valence electrons. The number of fused-ring (bicyclic) bond motifs is 1. The van der Waals surface area contributed by atoms with Crippen molar-refractivity contribution in [3.05, 3.63) is 0 Å². The Morgan fingerprint density at radius 2 is 2.45 bits per heavy atom. The van der Waals surface area contributed by atoms with Gasteiger partial charge >= 0.3 is 0 Å². The Bertz CT molecular complexity index is 236. The Balaban J connectivity index is 2.27. The first kappa shape index (κ1) is 6.98. The number of carbonyl (C=O) groups is 2. The molecule has 2 unspecified atom stereocenters. The third-order valence-electron chi connectivity index (χ3n) is 2.73. The lowest BCUT2D eigenvalue weighted by molar-refractivity contribution is -0.130. The van der Waals surface area contributed by atoms with Crippen LogP contribution in [0.1, 0.15) is 26.2 Å². The number of rotatable bonds is 1. The minimum absolute atomic E-state index is 0.00722. The molecule has 2 fully saturated rings. The van der Waals surface area contributed by atoms with E-state index in [0.717, 1.165) is 12.8 Å². The van der Waals surface area contributed by atoms with Gasteiger partial charge in [-0.1, -0.05) is 0 Å². The van der Waals surface area contributed by atoms with Crippen molar-refractivity contribution in [2.75, 3.05) is 0 Å². The van der Waals surface area contributed by atoms with Crippen LogP contribution in [0.15, 0.2) is 0 Å². The van der Waals surface area contributed by atoms with Crippen molar-refractivity contribution < 1.29 is 9.59 Å². The predicted molar refractivity (Wildman–Crippen MR) is 39.2 cm³/mol. The highest BCUT2D eigenvalue weighted by molar-refractivity contribution is 6.15. The minimum Gasteiger partial charge on any atom is -0.297 e. The van der Waals surface area contributed by atoms with Gasteiger partial charge in [-0.3, -0.25) is 14.9 Å². The molecule has 3 nitrogen and oxygen atoms in total. The van der Waals surface area contributed by atoms with Crippen molar-refractivity contribution in [2.24, 2.45) is 0 Å². The van der Waals surface area contributed by atoms with Crippen LogP contribution < -0.4 is 5.32 Å². The Labute approximate surface area is 65.2 Å². The third kappa shape index (κ3) is 0.717. The first-order valence-corrected chi connectivity index (χ1v) is 4.00. The summed E-state index contributed by atoms with van der Waals surface area (Å²) in [4.78, 5) is 22.4. The van der Waals surface area contributed by atoms with Gasteiger partial charge in [-0.05, 0) is 19.8 Å². The number of carbonyl (C=O) groups excluding carboxylic acids is 2. The Morgan fingerprint density at radius 1 is 1.73 bits per heavy atom. The lowest BCUT2D eigenvalue weighted by Crippen LogP contribution is -2.39. The second-order valence-electron chi connectivity index (χ2n) is 3.38. The summed E-state index contributed by atoms with van der Waals surface area (Å²) < 4.78 is 0. The molecule has 2 aliphatic rings. The van der Waals surface area contributed by atoms with Crippen molar-refractivity contribution in [1.29, 1.82) is 0 Å². The van der Waals surface area contributed by atoms with Gasteiger partial charge in [0.25, 0.3) is 0 Å². The van der Waals surface area contributed by atoms with Gasteiger partial charge < -0.3 is 0 Å². The number of nitrogens with one attached hydrogen (secondary N) is 1. The molecule has 1 aliphatic heterocycles. The first-order valence-electron chi connectivity index (χ1n) is 4.00. The molecule has 1 saturated heterocycles. The molecule has 1 N–H and O–H groups in total. The van der Waals surface area contributed by atoms with Crippen molar-refractivity contribution in [3.8, 4) is 0 Å². The number of Topliss-reactive ketones (excluding diaryl/α,β-unsaturated/α-hetero) is 2. The van der Waals surface area contributed by atoms with Gasteiger partial charge in [-0.2, -0.15) is 0 Å². The molecular weight excluding hydrogens is 142 g/mol. The van der Waals surface area contributed by atoms with Gasteiger partial charge in [-0.15, -0.1) is 0 Å². The number of hydrogen-bond acceptors (Lipinski definition) is 3. The van der Waals surface area contributed by atoms with E-state index in [-0.39, 0.29) is 17.6 Å². The van der Waals surface area contributed by atoms with Crippen LogP contribution in [0, 0.1) is 0 Å². The summed E-state index contributed by atoms with van der Waals surface area (Å²) in [6, 6.07) is 0.168. The van der Waals surface area contributed by atoms with Crippen molar-refractivity contribution in [1.82, 2.24) is 5.32 Å². The summed E-state index contributed by atoms with van der Waals surface area (Å²) in [6.45, 7) is 1.50. The van der Waals surface area contributed by atoms with E-state index in [9.17, 15) is 9.59 Å². The van der Waals surface area contributed by atoms with E-state index in [0.29, 0.717) is 6.42 Å². The smallest absolute Gasteiger partial charge is 0.162 e. The highest BCUT2D eigenvalue weighted by Crippen LogP contribution is 2.38. The SMILES string of the molecule is CC(=O)C12NC1CCCC2=O. The third-order valence-corrected chi connectivity index (χ3v) is 2.73. The monoisotopic (exact) mass is 153 g/mol. The van der Waals surface area contributed by atoms with Crippen molar-refractivity contribution in [2.45, 2.75) is 37.8 Å². The molecule has 0 radical (unpaired) electrons. The molecular formula is C8H11NO2. The maximum atomic E-state index is 11.3. The average Bonchev–Trinajstić information content (AvgIpc) is 2.64. The fraction of sp³-hybridized carbons (Fsp3) is 0.750. The van der Waals surface area contributed by atoms with Crippen molar-refractivity contribution >= 4 is 11.6 Å². The van der Waals surface area contributed by atoms with Crippen LogP contribution in [0.5, 0.6) is 0 Å². The Hall–Kier alpha value is -0.700. The summed E-state index contributed by atoms with van der Waals surface area (Å²) in [5, 5.41) is 2.99. The van der Waals surface area contributed by atoms with Gasteiger partial charge in [0.1, 0.15) is 0 Å². The summed E-state index contributed by atoms with van der Waals surface area (Å²) in [5.74, 6) is 0.0912. The molecule has 1 aliphatic carbocycles. The summed E-state index contributed by atoms with van der Waals surface area (Å²) >= 11 is 0. The van der Waals surface area contributed by atoms with Gasteiger partial charge in [0.15, 0.2) is 17.1 Å². The predicted octanol–water partition coefficient (Wildman–Crippen LogP) is 0.0390. The second kappa shape index (κ2) is 1.91. The summed E-state index contributed by atoms with van der Waals surface area (Å²) in [6.07, 6.45) is 2.49. The van der Waals surface area contributed by atoms with Gasteiger partial charge in [0.05, 0.1) is 0 Å². The zero-order valence-electron chi connectivity index (χ0n) is 6.52. The molecule has 1 heterocycles. The number of hydrogen-bond donors (Lipinski definition) is 1. The van der Waals surface area contributed by atoms with Crippen LogP contribution in [0.3, 0.4) is 0 Å². The lowest BCUT2D eigenvalue weighted by Gasteiger charge is -2.14. The van der Waals surface area contributed by atoms with Gasteiger partial charge in [0.2, 0.25) is 0 Å². The molecule has 2 atom stereocenters. The topological polar surface area (TPSA) is 56.1 Å². The van der Waals surface area contributed by atoms with Gasteiger partial charge in [0, 0.05) is 12.5 Å². The van der Waals surface area contributed by atoms with Crippen LogP contribution >= 0.6 is 0 Å². The summed E-state index contributed by atoms with van der Waals surface area (Å²) in [5.41, 5.74) is -0.724.